The summed E-state index contributed by atoms with van der Waals surface area (Å²) in [4.78, 5) is 12.1. The molecule has 23 heavy (non-hydrogen) atoms. The Morgan fingerprint density at radius 2 is 2.04 bits per heavy atom. The largest absolute Gasteiger partial charge is 0.490 e. The molecule has 0 aliphatic carbocycles. The Balaban J connectivity index is 2.47. The normalized spacial score (nSPS) is 11.6. The highest BCUT2D eigenvalue weighted by atomic mass is 35.5. The van der Waals surface area contributed by atoms with Gasteiger partial charge in [-0.3, -0.25) is 4.79 Å². The van der Waals surface area contributed by atoms with E-state index in [-0.39, 0.29) is 31.2 Å². The second kappa shape index (κ2) is 8.98. The van der Waals surface area contributed by atoms with E-state index in [0.29, 0.717) is 10.8 Å². The summed E-state index contributed by atoms with van der Waals surface area (Å²) in [6, 6.07) is 4.69. The van der Waals surface area contributed by atoms with E-state index in [4.69, 9.17) is 16.3 Å². The Morgan fingerprint density at radius 3 is 2.65 bits per heavy atom. The Morgan fingerprint density at radius 1 is 1.35 bits per heavy atom. The van der Waals surface area contributed by atoms with Gasteiger partial charge in [0.15, 0.2) is 0 Å². The molecule has 0 saturated heterocycles. The first-order valence-electron chi connectivity index (χ1n) is 7.08. The summed E-state index contributed by atoms with van der Waals surface area (Å²) in [5.74, 6) is -0.00538. The monoisotopic (exact) mass is 353 g/mol. The number of amides is 1. The van der Waals surface area contributed by atoms with Crippen molar-refractivity contribution in [2.24, 2.45) is 0 Å². The maximum Gasteiger partial charge on any atom is 0.411 e. The summed E-state index contributed by atoms with van der Waals surface area (Å²) in [5, 5.41) is 2.99. The third-order valence-corrected chi connectivity index (χ3v) is 2.80. The van der Waals surface area contributed by atoms with Crippen LogP contribution in [0, 0.1) is 0 Å². The Kier molecular flexibility index (Phi) is 7.64. The number of rotatable bonds is 8. The molecule has 0 bridgehead atoms. The number of halogens is 4. The third kappa shape index (κ3) is 8.08. The van der Waals surface area contributed by atoms with Crippen molar-refractivity contribution in [2.45, 2.75) is 32.5 Å². The number of nitrogens with one attached hydrogen (secondary N) is 1. The zero-order valence-electron chi connectivity index (χ0n) is 12.9. The van der Waals surface area contributed by atoms with Gasteiger partial charge in [0.2, 0.25) is 0 Å². The van der Waals surface area contributed by atoms with Crippen LogP contribution in [-0.4, -0.2) is 37.9 Å². The second-order valence-electron chi connectivity index (χ2n) is 5.08. The molecule has 8 heteroatoms. The van der Waals surface area contributed by atoms with Crippen LogP contribution in [-0.2, 0) is 4.74 Å². The average Bonchev–Trinajstić information content (AvgIpc) is 2.42. The van der Waals surface area contributed by atoms with Crippen molar-refractivity contribution in [3.05, 3.63) is 28.8 Å². The van der Waals surface area contributed by atoms with Gasteiger partial charge < -0.3 is 14.8 Å². The number of carbonyl (C=O) groups is 1. The minimum atomic E-state index is -4.34. The molecule has 0 radical (unpaired) electrons. The van der Waals surface area contributed by atoms with Gasteiger partial charge in [-0.05, 0) is 38.5 Å². The van der Waals surface area contributed by atoms with Gasteiger partial charge in [-0.15, -0.1) is 0 Å². The van der Waals surface area contributed by atoms with Gasteiger partial charge in [0.1, 0.15) is 12.4 Å². The molecular formula is C15H19ClF3NO3. The average molecular weight is 354 g/mol. The van der Waals surface area contributed by atoms with Gasteiger partial charge >= 0.3 is 6.18 Å². The predicted octanol–water partition coefficient (Wildman–Crippen LogP) is 3.83. The second-order valence-corrected chi connectivity index (χ2v) is 5.52. The molecular weight excluding hydrogens is 335 g/mol. The number of ether oxygens (including phenoxy) is 2. The first-order valence-corrected chi connectivity index (χ1v) is 7.46. The topological polar surface area (TPSA) is 47.6 Å². The molecule has 0 heterocycles. The SMILES string of the molecule is CC(C)Oc1ccc(Cl)cc1C(=O)NCCCOCC(F)(F)F. The molecule has 1 amide bonds. The Labute approximate surface area is 137 Å². The van der Waals surface area contributed by atoms with Crippen LogP contribution in [0.1, 0.15) is 30.6 Å². The minimum Gasteiger partial charge on any atom is -0.490 e. The highest BCUT2D eigenvalue weighted by molar-refractivity contribution is 6.31. The molecule has 0 spiro atoms. The number of alkyl halides is 3. The Hall–Kier alpha value is -1.47. The summed E-state index contributed by atoms with van der Waals surface area (Å²) in [7, 11) is 0. The van der Waals surface area contributed by atoms with Gasteiger partial charge in [0, 0.05) is 18.2 Å². The molecule has 1 aromatic rings. The fourth-order valence-electron chi connectivity index (χ4n) is 1.70. The van der Waals surface area contributed by atoms with Crippen molar-refractivity contribution in [3.8, 4) is 5.75 Å². The van der Waals surface area contributed by atoms with Crippen LogP contribution in [0.15, 0.2) is 18.2 Å². The fraction of sp³-hybridized carbons (Fsp3) is 0.533. The van der Waals surface area contributed by atoms with E-state index >= 15 is 0 Å². The zero-order chi connectivity index (χ0) is 17.5. The van der Waals surface area contributed by atoms with E-state index in [1.165, 1.54) is 6.07 Å². The molecule has 130 valence electrons. The smallest absolute Gasteiger partial charge is 0.411 e. The van der Waals surface area contributed by atoms with Crippen molar-refractivity contribution >= 4 is 17.5 Å². The maximum absolute atomic E-state index is 12.1. The highest BCUT2D eigenvalue weighted by Gasteiger charge is 2.27. The predicted molar refractivity (Wildman–Crippen MR) is 81.0 cm³/mol. The van der Waals surface area contributed by atoms with Gasteiger partial charge in [-0.25, -0.2) is 0 Å². The van der Waals surface area contributed by atoms with E-state index in [1.807, 2.05) is 13.8 Å². The fourth-order valence-corrected chi connectivity index (χ4v) is 1.87. The molecule has 0 saturated carbocycles. The molecule has 0 fully saturated rings. The van der Waals surface area contributed by atoms with Crippen molar-refractivity contribution < 1.29 is 27.4 Å². The van der Waals surface area contributed by atoms with Crippen LogP contribution in [0.25, 0.3) is 0 Å². The van der Waals surface area contributed by atoms with Crippen molar-refractivity contribution in [2.75, 3.05) is 19.8 Å². The summed E-state index contributed by atoms with van der Waals surface area (Å²) < 4.78 is 45.6. The lowest BCUT2D eigenvalue weighted by atomic mass is 10.2. The first kappa shape index (κ1) is 19.6. The van der Waals surface area contributed by atoms with E-state index in [2.05, 4.69) is 10.1 Å². The molecule has 1 rings (SSSR count). The number of hydrogen-bond donors (Lipinski definition) is 1. The maximum atomic E-state index is 12.1. The highest BCUT2D eigenvalue weighted by Crippen LogP contribution is 2.24. The van der Waals surface area contributed by atoms with E-state index in [9.17, 15) is 18.0 Å². The summed E-state index contributed by atoms with van der Waals surface area (Å²) in [5.41, 5.74) is 0.280. The van der Waals surface area contributed by atoms with Crippen LogP contribution < -0.4 is 10.1 Å². The van der Waals surface area contributed by atoms with Gasteiger partial charge in [0.05, 0.1) is 11.7 Å². The lowest BCUT2D eigenvalue weighted by molar-refractivity contribution is -0.173. The van der Waals surface area contributed by atoms with Crippen molar-refractivity contribution in [1.82, 2.24) is 5.32 Å². The minimum absolute atomic E-state index is 0.0926. The molecule has 1 N–H and O–H groups in total. The molecule has 1 aromatic carbocycles. The van der Waals surface area contributed by atoms with E-state index in [1.54, 1.807) is 12.1 Å². The van der Waals surface area contributed by atoms with Crippen molar-refractivity contribution in [1.29, 1.82) is 0 Å². The van der Waals surface area contributed by atoms with Gasteiger partial charge in [0.25, 0.3) is 5.91 Å². The van der Waals surface area contributed by atoms with E-state index in [0.717, 1.165) is 0 Å². The molecule has 0 aromatic heterocycles. The van der Waals surface area contributed by atoms with Crippen LogP contribution in [0.4, 0.5) is 13.2 Å². The molecule has 0 aliphatic rings. The number of carbonyl (C=O) groups excluding carboxylic acids is 1. The number of benzene rings is 1. The molecule has 0 unspecified atom stereocenters. The van der Waals surface area contributed by atoms with Crippen LogP contribution in [0.2, 0.25) is 5.02 Å². The first-order chi connectivity index (χ1) is 10.7. The standard InChI is InChI=1S/C15H19ClF3NO3/c1-10(2)23-13-5-4-11(16)8-12(13)14(21)20-6-3-7-22-9-15(17,18)19/h4-5,8,10H,3,6-7,9H2,1-2H3,(H,20,21). The summed E-state index contributed by atoms with van der Waals surface area (Å²) in [6.07, 6.45) is -4.19. The summed E-state index contributed by atoms with van der Waals surface area (Å²) in [6.45, 7) is 2.46. The zero-order valence-corrected chi connectivity index (χ0v) is 13.6. The van der Waals surface area contributed by atoms with Crippen molar-refractivity contribution in [3.63, 3.8) is 0 Å². The quantitative estimate of drug-likeness (QED) is 0.723. The molecule has 4 nitrogen and oxygen atoms in total. The molecule has 0 atom stereocenters. The van der Waals surface area contributed by atoms with Crippen LogP contribution in [0.5, 0.6) is 5.75 Å². The lowest BCUT2D eigenvalue weighted by Gasteiger charge is -2.14. The molecule has 0 aliphatic heterocycles. The summed E-state index contributed by atoms with van der Waals surface area (Å²) >= 11 is 5.88. The van der Waals surface area contributed by atoms with E-state index < -0.39 is 18.7 Å². The van der Waals surface area contributed by atoms with Crippen LogP contribution >= 0.6 is 11.6 Å². The Bertz CT molecular complexity index is 521. The third-order valence-electron chi connectivity index (χ3n) is 2.57. The van der Waals surface area contributed by atoms with Crippen LogP contribution in [0.3, 0.4) is 0 Å². The lowest BCUT2D eigenvalue weighted by Crippen LogP contribution is -2.27. The van der Waals surface area contributed by atoms with Gasteiger partial charge in [-0.2, -0.15) is 13.2 Å². The van der Waals surface area contributed by atoms with Gasteiger partial charge in [-0.1, -0.05) is 11.6 Å². The number of hydrogen-bond acceptors (Lipinski definition) is 3.